The van der Waals surface area contributed by atoms with Crippen LogP contribution in [0, 0.1) is 0 Å². The maximum atomic E-state index is 13.0. The maximum Gasteiger partial charge on any atom is 0.337 e. The number of methoxy groups -OCH3 is 4. The van der Waals surface area contributed by atoms with Gasteiger partial charge in [-0.05, 0) is 47.5 Å². The van der Waals surface area contributed by atoms with Gasteiger partial charge in [0.05, 0.1) is 52.4 Å². The van der Waals surface area contributed by atoms with Crippen LogP contribution in [0.5, 0.6) is 17.2 Å². The molecule has 0 aromatic heterocycles. The molecule has 2 amide bonds. The Hall–Kier alpha value is -4.28. The van der Waals surface area contributed by atoms with Gasteiger partial charge in [-0.15, -0.1) is 0 Å². The average Bonchev–Trinajstić information content (AvgIpc) is 3.03. The predicted molar refractivity (Wildman–Crippen MR) is 155 cm³/mol. The number of nitrogens with zero attached hydrogens (tertiary/aromatic N) is 2. The van der Waals surface area contributed by atoms with E-state index in [0.717, 1.165) is 16.9 Å². The fraction of sp³-hybridized carbons (Fsp3) is 0.355. The SMILES string of the molecule is COC(=O)c1ccc(COC(CN2CCN(C(=O)Nc3cc(OC)ccc3OC)CC2)c2cccc(OC)c2)cc1. The first-order valence-corrected chi connectivity index (χ1v) is 13.4. The third kappa shape index (κ3) is 7.90. The van der Waals surface area contributed by atoms with Crippen molar-refractivity contribution in [2.45, 2.75) is 12.7 Å². The van der Waals surface area contributed by atoms with E-state index in [1.807, 2.05) is 36.4 Å². The molecule has 10 nitrogen and oxygen atoms in total. The molecule has 3 aromatic carbocycles. The smallest absolute Gasteiger partial charge is 0.337 e. The number of carbonyl (C=O) groups excluding carboxylic acids is 2. The lowest BCUT2D eigenvalue weighted by Crippen LogP contribution is -2.50. The van der Waals surface area contributed by atoms with E-state index >= 15 is 0 Å². The molecule has 218 valence electrons. The molecule has 41 heavy (non-hydrogen) atoms. The van der Waals surface area contributed by atoms with Gasteiger partial charge in [-0.2, -0.15) is 0 Å². The van der Waals surface area contributed by atoms with Crippen molar-refractivity contribution in [3.05, 3.63) is 83.4 Å². The number of nitrogens with one attached hydrogen (secondary N) is 1. The summed E-state index contributed by atoms with van der Waals surface area (Å²) in [6.45, 7) is 3.54. The molecule has 0 bridgehead atoms. The van der Waals surface area contributed by atoms with E-state index in [1.54, 1.807) is 56.6 Å². The average molecular weight is 564 g/mol. The molecule has 1 saturated heterocycles. The molecule has 3 aromatic rings. The Morgan fingerprint density at radius 3 is 2.20 bits per heavy atom. The molecule has 1 heterocycles. The first-order valence-electron chi connectivity index (χ1n) is 13.4. The molecule has 10 heteroatoms. The Balaban J connectivity index is 1.38. The van der Waals surface area contributed by atoms with Gasteiger partial charge < -0.3 is 33.9 Å². The highest BCUT2D eigenvalue weighted by molar-refractivity contribution is 5.91. The normalized spacial score (nSPS) is 14.2. The molecule has 4 rings (SSSR count). The van der Waals surface area contributed by atoms with Crippen molar-refractivity contribution in [3.8, 4) is 17.2 Å². The molecule has 1 atom stereocenters. The van der Waals surface area contributed by atoms with E-state index in [2.05, 4.69) is 10.2 Å². The molecule has 0 radical (unpaired) electrons. The molecule has 1 aliphatic heterocycles. The second kappa shape index (κ2) is 14.4. The number of amides is 2. The van der Waals surface area contributed by atoms with E-state index < -0.39 is 0 Å². The van der Waals surface area contributed by atoms with Gasteiger partial charge in [0.2, 0.25) is 0 Å². The highest BCUT2D eigenvalue weighted by atomic mass is 16.5. The minimum absolute atomic E-state index is 0.188. The summed E-state index contributed by atoms with van der Waals surface area (Å²) in [4.78, 5) is 28.9. The Morgan fingerprint density at radius 1 is 0.829 bits per heavy atom. The topological polar surface area (TPSA) is 98.8 Å². The molecule has 1 aliphatic rings. The molecule has 1 unspecified atom stereocenters. The lowest BCUT2D eigenvalue weighted by molar-refractivity contribution is 0.00582. The summed E-state index contributed by atoms with van der Waals surface area (Å²) in [6.07, 6.45) is -0.230. The van der Waals surface area contributed by atoms with Crippen molar-refractivity contribution < 1.29 is 33.3 Å². The maximum absolute atomic E-state index is 13.0. The first-order chi connectivity index (χ1) is 19.9. The van der Waals surface area contributed by atoms with Gasteiger partial charge in [0.15, 0.2) is 0 Å². The zero-order chi connectivity index (χ0) is 29.2. The van der Waals surface area contributed by atoms with Gasteiger partial charge in [-0.3, -0.25) is 4.90 Å². The minimum Gasteiger partial charge on any atom is -0.497 e. The summed E-state index contributed by atoms with van der Waals surface area (Å²) in [5.41, 5.74) is 3.00. The largest absolute Gasteiger partial charge is 0.497 e. The Labute approximate surface area is 240 Å². The standard InChI is InChI=1S/C31H37N3O7/c1-37-25-7-5-6-24(18-25)29(41-21-22-8-10-23(11-9-22)30(35)40-4)20-33-14-16-34(17-15-33)31(36)32-27-19-26(38-2)12-13-28(27)39-3/h5-13,18-19,29H,14-17,20-21H2,1-4H3,(H,32,36). The van der Waals surface area contributed by atoms with Crippen molar-refractivity contribution in [1.82, 2.24) is 9.80 Å². The van der Waals surface area contributed by atoms with Gasteiger partial charge in [-0.25, -0.2) is 9.59 Å². The van der Waals surface area contributed by atoms with Crippen LogP contribution >= 0.6 is 0 Å². The summed E-state index contributed by atoms with van der Waals surface area (Å²) in [5.74, 6) is 1.58. The first kappa shape index (κ1) is 29.7. The van der Waals surface area contributed by atoms with Gasteiger partial charge in [-0.1, -0.05) is 24.3 Å². The number of benzene rings is 3. The number of anilines is 1. The highest BCUT2D eigenvalue weighted by Crippen LogP contribution is 2.29. The van der Waals surface area contributed by atoms with Crippen LogP contribution in [0.3, 0.4) is 0 Å². The number of hydrogen-bond donors (Lipinski definition) is 1. The monoisotopic (exact) mass is 563 g/mol. The van der Waals surface area contributed by atoms with Gasteiger partial charge >= 0.3 is 12.0 Å². The fourth-order valence-electron chi connectivity index (χ4n) is 4.62. The van der Waals surface area contributed by atoms with Crippen molar-refractivity contribution in [2.75, 3.05) is 66.5 Å². The van der Waals surface area contributed by atoms with Gasteiger partial charge in [0, 0.05) is 38.8 Å². The number of hydrogen-bond acceptors (Lipinski definition) is 8. The van der Waals surface area contributed by atoms with E-state index in [4.69, 9.17) is 23.7 Å². The summed E-state index contributed by atoms with van der Waals surface area (Å²) in [5, 5.41) is 2.95. The van der Waals surface area contributed by atoms with Crippen LogP contribution in [-0.4, -0.2) is 83.0 Å². The van der Waals surface area contributed by atoms with Crippen LogP contribution in [0.15, 0.2) is 66.7 Å². The molecule has 0 saturated carbocycles. The van der Waals surface area contributed by atoms with Crippen LogP contribution < -0.4 is 19.5 Å². The zero-order valence-corrected chi connectivity index (χ0v) is 23.9. The summed E-state index contributed by atoms with van der Waals surface area (Å²) in [6, 6.07) is 20.2. The highest BCUT2D eigenvalue weighted by Gasteiger charge is 2.25. The van der Waals surface area contributed by atoms with Gasteiger partial charge in [0.1, 0.15) is 17.2 Å². The van der Waals surface area contributed by atoms with E-state index in [9.17, 15) is 9.59 Å². The van der Waals surface area contributed by atoms with Crippen molar-refractivity contribution >= 4 is 17.7 Å². The Morgan fingerprint density at radius 2 is 1.54 bits per heavy atom. The number of urea groups is 1. The number of carbonyl (C=O) groups is 2. The van der Waals surface area contributed by atoms with Crippen LogP contribution in [0.1, 0.15) is 27.6 Å². The molecule has 1 N–H and O–H groups in total. The molecule has 0 spiro atoms. The second-order valence-corrected chi connectivity index (χ2v) is 9.55. The fourth-order valence-corrected chi connectivity index (χ4v) is 4.62. The van der Waals surface area contributed by atoms with Crippen molar-refractivity contribution in [3.63, 3.8) is 0 Å². The quantitative estimate of drug-likeness (QED) is 0.338. The summed E-state index contributed by atoms with van der Waals surface area (Å²) < 4.78 is 27.3. The molecule has 1 fully saturated rings. The molecular formula is C31H37N3O7. The summed E-state index contributed by atoms with van der Waals surface area (Å²) in [7, 11) is 6.15. The zero-order valence-electron chi connectivity index (χ0n) is 23.9. The lowest BCUT2D eigenvalue weighted by atomic mass is 10.1. The second-order valence-electron chi connectivity index (χ2n) is 9.55. The predicted octanol–water partition coefficient (Wildman–Crippen LogP) is 4.61. The minimum atomic E-state index is -0.373. The summed E-state index contributed by atoms with van der Waals surface area (Å²) >= 11 is 0. The van der Waals surface area contributed by atoms with Crippen LogP contribution in [0.25, 0.3) is 0 Å². The van der Waals surface area contributed by atoms with Crippen molar-refractivity contribution in [2.24, 2.45) is 0 Å². The van der Waals surface area contributed by atoms with Crippen molar-refractivity contribution in [1.29, 1.82) is 0 Å². The number of piperazine rings is 1. The van der Waals surface area contributed by atoms with Gasteiger partial charge in [0.25, 0.3) is 0 Å². The van der Waals surface area contributed by atoms with E-state index in [-0.39, 0.29) is 18.1 Å². The lowest BCUT2D eigenvalue weighted by Gasteiger charge is -2.36. The molecular weight excluding hydrogens is 526 g/mol. The Kier molecular flexibility index (Phi) is 10.4. The third-order valence-corrected chi connectivity index (χ3v) is 7.02. The Bertz CT molecular complexity index is 1310. The number of esters is 1. The van der Waals surface area contributed by atoms with Crippen LogP contribution in [-0.2, 0) is 16.1 Å². The van der Waals surface area contributed by atoms with Crippen LogP contribution in [0.2, 0.25) is 0 Å². The molecule has 0 aliphatic carbocycles. The van der Waals surface area contributed by atoms with E-state index in [1.165, 1.54) is 7.11 Å². The number of ether oxygens (including phenoxy) is 5. The number of rotatable bonds is 11. The van der Waals surface area contributed by atoms with E-state index in [0.29, 0.717) is 62.1 Å². The van der Waals surface area contributed by atoms with Crippen LogP contribution in [0.4, 0.5) is 10.5 Å². The third-order valence-electron chi connectivity index (χ3n) is 7.02.